The van der Waals surface area contributed by atoms with E-state index in [-0.39, 0.29) is 5.54 Å². The Bertz CT molecular complexity index is 226. The Morgan fingerprint density at radius 3 is 2.33 bits per heavy atom. The predicted octanol–water partition coefficient (Wildman–Crippen LogP) is 1.36. The number of quaternary nitrogens is 1. The molecule has 66 valence electrons. The molecule has 1 aromatic rings. The third-order valence-electron chi connectivity index (χ3n) is 2.06. The summed E-state index contributed by atoms with van der Waals surface area (Å²) in [6.07, 6.45) is 1.07. The summed E-state index contributed by atoms with van der Waals surface area (Å²) in [5.74, 6) is 0. The molecule has 0 heterocycles. The van der Waals surface area contributed by atoms with Crippen LogP contribution < -0.4 is 5.32 Å². The first-order valence-electron chi connectivity index (χ1n) is 4.31. The summed E-state index contributed by atoms with van der Waals surface area (Å²) in [7, 11) is 3.83. The van der Waals surface area contributed by atoms with Crippen LogP contribution in [0.5, 0.6) is 0 Å². The second-order valence-electron chi connectivity index (χ2n) is 3.86. The number of rotatable bonds is 3. The zero-order chi connectivity index (χ0) is 9.03. The van der Waals surface area contributed by atoms with Crippen molar-refractivity contribution in [2.45, 2.75) is 25.8 Å². The summed E-state index contributed by atoms with van der Waals surface area (Å²) in [6.45, 7) is 4.40. The monoisotopic (exact) mass is 163 g/mol. The fraction of sp³-hybridized carbons (Fsp3) is 0.364. The second-order valence-corrected chi connectivity index (χ2v) is 3.86. The predicted molar refractivity (Wildman–Crippen MR) is 51.5 cm³/mol. The maximum atomic E-state index is 3.83. The maximum Gasteiger partial charge on any atom is 0.0707 e. The van der Waals surface area contributed by atoms with E-state index in [0.29, 0.717) is 0 Å². The highest BCUT2D eigenvalue weighted by Crippen LogP contribution is 2.07. The summed E-state index contributed by atoms with van der Waals surface area (Å²) in [4.78, 5) is 0. The lowest BCUT2D eigenvalue weighted by molar-refractivity contribution is -0.668. The molecule has 1 aromatic carbocycles. The van der Waals surface area contributed by atoms with Crippen molar-refractivity contribution in [2.24, 2.45) is 0 Å². The quantitative estimate of drug-likeness (QED) is 0.648. The van der Waals surface area contributed by atoms with Crippen LogP contribution in [0.2, 0.25) is 0 Å². The van der Waals surface area contributed by atoms with E-state index >= 15 is 0 Å². The lowest BCUT2D eigenvalue weighted by Gasteiger charge is -2.24. The third-order valence-corrected chi connectivity index (χ3v) is 2.06. The van der Waals surface area contributed by atoms with Gasteiger partial charge < -0.3 is 5.32 Å². The Morgan fingerprint density at radius 2 is 1.83 bits per heavy atom. The number of benzene rings is 1. The fourth-order valence-electron chi connectivity index (χ4n) is 1.19. The second kappa shape index (κ2) is 3.72. The molecule has 0 spiro atoms. The minimum atomic E-state index is 0.210. The van der Waals surface area contributed by atoms with Gasteiger partial charge in [0.05, 0.1) is 5.54 Å². The Balaban J connectivity index is 2.64. The van der Waals surface area contributed by atoms with Crippen molar-refractivity contribution in [1.29, 1.82) is 0 Å². The van der Waals surface area contributed by atoms with Gasteiger partial charge in [-0.05, 0) is 19.4 Å². The van der Waals surface area contributed by atoms with Crippen molar-refractivity contribution in [2.75, 3.05) is 0 Å². The highest BCUT2D eigenvalue weighted by molar-refractivity contribution is 5.16. The van der Waals surface area contributed by atoms with Crippen LogP contribution in [-0.2, 0) is 6.42 Å². The average molecular weight is 163 g/mol. The Hall–Kier alpha value is -0.820. The van der Waals surface area contributed by atoms with Gasteiger partial charge in [0.2, 0.25) is 0 Å². The molecule has 0 saturated heterocycles. The van der Waals surface area contributed by atoms with Crippen LogP contribution in [0.4, 0.5) is 0 Å². The molecule has 2 N–H and O–H groups in total. The molecule has 0 amide bonds. The van der Waals surface area contributed by atoms with Gasteiger partial charge in [-0.25, -0.2) is 0 Å². The summed E-state index contributed by atoms with van der Waals surface area (Å²) in [6, 6.07) is 10.5. The average Bonchev–Trinajstić information content (AvgIpc) is 2.06. The topological polar surface area (TPSA) is 16.6 Å². The SMILES string of the molecule is [CH2-][NH2+]C(C)(C)Cc1ccccc1. The van der Waals surface area contributed by atoms with E-state index in [1.54, 1.807) is 0 Å². The van der Waals surface area contributed by atoms with E-state index in [1.165, 1.54) is 5.56 Å². The molecule has 0 aromatic heterocycles. The molecule has 0 saturated carbocycles. The van der Waals surface area contributed by atoms with Gasteiger partial charge in [0.25, 0.3) is 0 Å². The van der Waals surface area contributed by atoms with Gasteiger partial charge in [0, 0.05) is 6.42 Å². The fourth-order valence-corrected chi connectivity index (χ4v) is 1.19. The normalized spacial score (nSPS) is 11.6. The minimum absolute atomic E-state index is 0.210. The van der Waals surface area contributed by atoms with Crippen LogP contribution in [0.1, 0.15) is 19.4 Å². The summed E-state index contributed by atoms with van der Waals surface area (Å²) in [5.41, 5.74) is 1.59. The van der Waals surface area contributed by atoms with Gasteiger partial charge in [-0.3, -0.25) is 0 Å². The first-order chi connectivity index (χ1) is 5.64. The van der Waals surface area contributed by atoms with E-state index in [0.717, 1.165) is 6.42 Å². The molecule has 1 heteroatoms. The molecule has 0 aliphatic rings. The molecule has 1 rings (SSSR count). The molecule has 1 nitrogen and oxygen atoms in total. The van der Waals surface area contributed by atoms with Crippen LogP contribution in [-0.4, -0.2) is 5.54 Å². The van der Waals surface area contributed by atoms with Crippen molar-refractivity contribution >= 4 is 0 Å². The summed E-state index contributed by atoms with van der Waals surface area (Å²) < 4.78 is 0. The van der Waals surface area contributed by atoms with Gasteiger partial charge in [-0.2, -0.15) is 7.05 Å². The highest BCUT2D eigenvalue weighted by Gasteiger charge is 2.15. The summed E-state index contributed by atoms with van der Waals surface area (Å²) >= 11 is 0. The molecule has 0 atom stereocenters. The van der Waals surface area contributed by atoms with Gasteiger partial charge >= 0.3 is 0 Å². The zero-order valence-corrected chi connectivity index (χ0v) is 7.88. The van der Waals surface area contributed by atoms with E-state index in [4.69, 9.17) is 0 Å². The molecule has 0 unspecified atom stereocenters. The van der Waals surface area contributed by atoms with Gasteiger partial charge in [-0.1, -0.05) is 30.3 Å². The Kier molecular flexibility index (Phi) is 2.88. The largest absolute Gasteiger partial charge is 0.474 e. The maximum absolute atomic E-state index is 3.83. The minimum Gasteiger partial charge on any atom is -0.474 e. The zero-order valence-electron chi connectivity index (χ0n) is 7.88. The molecular formula is C11H17N. The van der Waals surface area contributed by atoms with Gasteiger partial charge in [-0.15, -0.1) is 0 Å². The molecular weight excluding hydrogens is 146 g/mol. The van der Waals surface area contributed by atoms with Crippen LogP contribution in [0.3, 0.4) is 0 Å². The smallest absolute Gasteiger partial charge is 0.0707 e. The standard InChI is InChI=1S/C11H17N/c1-11(2,12-3)9-10-7-5-4-6-8-10/h4-8H,3,9,12H2,1-2H3. The molecule has 0 radical (unpaired) electrons. The molecule has 0 fully saturated rings. The van der Waals surface area contributed by atoms with Gasteiger partial charge in [0.1, 0.15) is 0 Å². The molecule has 0 aliphatic heterocycles. The van der Waals surface area contributed by atoms with Crippen molar-refractivity contribution < 1.29 is 5.32 Å². The summed E-state index contributed by atoms with van der Waals surface area (Å²) in [5, 5.41) is 2.01. The molecule has 12 heavy (non-hydrogen) atoms. The van der Waals surface area contributed by atoms with Crippen molar-refractivity contribution in [3.05, 3.63) is 42.9 Å². The lowest BCUT2D eigenvalue weighted by atomic mass is 9.95. The first-order valence-corrected chi connectivity index (χ1v) is 4.31. The van der Waals surface area contributed by atoms with Crippen molar-refractivity contribution in [3.8, 4) is 0 Å². The lowest BCUT2D eigenvalue weighted by Crippen LogP contribution is -2.90. The third kappa shape index (κ3) is 2.67. The van der Waals surface area contributed by atoms with E-state index in [9.17, 15) is 0 Å². The molecule has 0 aliphatic carbocycles. The highest BCUT2D eigenvalue weighted by atomic mass is 14.9. The first kappa shape index (κ1) is 9.27. The number of hydrogen-bond acceptors (Lipinski definition) is 0. The Labute approximate surface area is 74.8 Å². The van der Waals surface area contributed by atoms with Crippen LogP contribution >= 0.6 is 0 Å². The van der Waals surface area contributed by atoms with Gasteiger partial charge in [0.15, 0.2) is 0 Å². The Morgan fingerprint density at radius 1 is 1.25 bits per heavy atom. The number of hydrogen-bond donors (Lipinski definition) is 1. The van der Waals surface area contributed by atoms with E-state index in [1.807, 2.05) is 11.4 Å². The van der Waals surface area contributed by atoms with E-state index < -0.39 is 0 Å². The van der Waals surface area contributed by atoms with Crippen LogP contribution in [0.15, 0.2) is 30.3 Å². The van der Waals surface area contributed by atoms with Crippen LogP contribution in [0, 0.1) is 7.05 Å². The van der Waals surface area contributed by atoms with Crippen molar-refractivity contribution in [1.82, 2.24) is 0 Å². The van der Waals surface area contributed by atoms with E-state index in [2.05, 4.69) is 45.2 Å². The molecule has 0 bridgehead atoms. The number of nitrogens with two attached hydrogens (primary N) is 1. The van der Waals surface area contributed by atoms with Crippen LogP contribution in [0.25, 0.3) is 0 Å². The van der Waals surface area contributed by atoms with Crippen molar-refractivity contribution in [3.63, 3.8) is 0 Å².